The van der Waals surface area contributed by atoms with Crippen LogP contribution in [0.3, 0.4) is 0 Å². The first-order valence-corrected chi connectivity index (χ1v) is 7.07. The lowest BCUT2D eigenvalue weighted by Crippen LogP contribution is -2.25. The first kappa shape index (κ1) is 13.4. The van der Waals surface area contributed by atoms with E-state index >= 15 is 0 Å². The van der Waals surface area contributed by atoms with Gasteiger partial charge in [0.1, 0.15) is 0 Å². The minimum Gasteiger partial charge on any atom is -0.382 e. The molecule has 1 aliphatic rings. The SMILES string of the molecule is CCOCCCNc1nc(C)cn1C1CC(C)C1. The molecule has 1 saturated carbocycles. The van der Waals surface area contributed by atoms with E-state index in [2.05, 4.69) is 34.9 Å². The summed E-state index contributed by atoms with van der Waals surface area (Å²) in [6.07, 6.45) is 5.76. The van der Waals surface area contributed by atoms with Crippen LogP contribution in [0, 0.1) is 12.8 Å². The second-order valence-electron chi connectivity index (χ2n) is 5.32. The Balaban J connectivity index is 1.83. The zero-order valence-electron chi connectivity index (χ0n) is 11.8. The maximum Gasteiger partial charge on any atom is 0.203 e. The minimum atomic E-state index is 0.649. The van der Waals surface area contributed by atoms with Gasteiger partial charge in [-0.1, -0.05) is 6.92 Å². The Bertz CT molecular complexity index is 369. The summed E-state index contributed by atoms with van der Waals surface area (Å²) in [5, 5.41) is 3.43. The molecule has 102 valence electrons. The maximum absolute atomic E-state index is 5.33. The van der Waals surface area contributed by atoms with Gasteiger partial charge in [-0.15, -0.1) is 0 Å². The van der Waals surface area contributed by atoms with Crippen LogP contribution < -0.4 is 5.32 Å². The molecule has 0 amide bonds. The number of imidazole rings is 1. The van der Waals surface area contributed by atoms with Gasteiger partial charge >= 0.3 is 0 Å². The van der Waals surface area contributed by atoms with Crippen LogP contribution in [-0.4, -0.2) is 29.3 Å². The van der Waals surface area contributed by atoms with Crippen molar-refractivity contribution in [3.63, 3.8) is 0 Å². The van der Waals surface area contributed by atoms with Gasteiger partial charge in [0, 0.05) is 32.0 Å². The summed E-state index contributed by atoms with van der Waals surface area (Å²) in [4.78, 5) is 4.57. The van der Waals surface area contributed by atoms with Crippen LogP contribution in [-0.2, 0) is 4.74 Å². The molecular weight excluding hydrogens is 226 g/mol. The highest BCUT2D eigenvalue weighted by Gasteiger charge is 2.28. The zero-order chi connectivity index (χ0) is 13.0. The molecule has 1 aromatic rings. The van der Waals surface area contributed by atoms with Crippen molar-refractivity contribution < 1.29 is 4.74 Å². The molecule has 18 heavy (non-hydrogen) atoms. The second-order valence-corrected chi connectivity index (χ2v) is 5.32. The van der Waals surface area contributed by atoms with Crippen molar-refractivity contribution in [3.05, 3.63) is 11.9 Å². The predicted octanol–water partition coefficient (Wildman–Crippen LogP) is 3.00. The molecular formula is C14H25N3O. The third-order valence-electron chi connectivity index (χ3n) is 3.55. The molecule has 4 heteroatoms. The summed E-state index contributed by atoms with van der Waals surface area (Å²) in [5.74, 6) is 1.89. The van der Waals surface area contributed by atoms with Gasteiger partial charge in [0.25, 0.3) is 0 Å². The topological polar surface area (TPSA) is 39.1 Å². The largest absolute Gasteiger partial charge is 0.382 e. The number of anilines is 1. The van der Waals surface area contributed by atoms with Crippen LogP contribution in [0.1, 0.15) is 44.8 Å². The van der Waals surface area contributed by atoms with Gasteiger partial charge in [0.2, 0.25) is 5.95 Å². The van der Waals surface area contributed by atoms with Crippen molar-refractivity contribution in [2.75, 3.05) is 25.1 Å². The summed E-state index contributed by atoms with van der Waals surface area (Å²) in [5.41, 5.74) is 1.10. The molecule has 0 aromatic carbocycles. The van der Waals surface area contributed by atoms with E-state index in [9.17, 15) is 0 Å². The van der Waals surface area contributed by atoms with Gasteiger partial charge in [0.15, 0.2) is 0 Å². The van der Waals surface area contributed by atoms with Gasteiger partial charge < -0.3 is 14.6 Å². The highest BCUT2D eigenvalue weighted by Crippen LogP contribution is 2.38. The van der Waals surface area contributed by atoms with E-state index in [0.29, 0.717) is 6.04 Å². The van der Waals surface area contributed by atoms with E-state index in [4.69, 9.17) is 4.74 Å². The summed E-state index contributed by atoms with van der Waals surface area (Å²) in [7, 11) is 0. The standard InChI is InChI=1S/C14H25N3O/c1-4-18-7-5-6-15-14-16-12(3)10-17(14)13-8-11(2)9-13/h10-11,13H,4-9H2,1-3H3,(H,15,16). The number of aromatic nitrogens is 2. The summed E-state index contributed by atoms with van der Waals surface area (Å²) >= 11 is 0. The molecule has 4 nitrogen and oxygen atoms in total. The second kappa shape index (κ2) is 6.23. The molecule has 1 aromatic heterocycles. The van der Waals surface area contributed by atoms with Crippen LogP contribution in [0.5, 0.6) is 0 Å². The van der Waals surface area contributed by atoms with E-state index in [1.807, 2.05) is 6.92 Å². The third kappa shape index (κ3) is 3.25. The number of ether oxygens (including phenoxy) is 1. The fraction of sp³-hybridized carbons (Fsp3) is 0.786. The van der Waals surface area contributed by atoms with Crippen LogP contribution in [0.4, 0.5) is 5.95 Å². The van der Waals surface area contributed by atoms with Gasteiger partial charge in [0.05, 0.1) is 5.69 Å². The van der Waals surface area contributed by atoms with Crippen LogP contribution in [0.15, 0.2) is 6.20 Å². The number of nitrogens with zero attached hydrogens (tertiary/aromatic N) is 2. The normalized spacial score (nSPS) is 22.8. The molecule has 0 radical (unpaired) electrons. The van der Waals surface area contributed by atoms with Crippen molar-refractivity contribution in [1.29, 1.82) is 0 Å². The van der Waals surface area contributed by atoms with Gasteiger partial charge in [-0.3, -0.25) is 0 Å². The fourth-order valence-corrected chi connectivity index (χ4v) is 2.53. The number of hydrogen-bond donors (Lipinski definition) is 1. The van der Waals surface area contributed by atoms with Crippen LogP contribution >= 0.6 is 0 Å². The van der Waals surface area contributed by atoms with E-state index in [1.165, 1.54) is 12.8 Å². The monoisotopic (exact) mass is 251 g/mol. The average Bonchev–Trinajstić information content (AvgIpc) is 2.66. The van der Waals surface area contributed by atoms with Gasteiger partial charge in [-0.05, 0) is 39.0 Å². The quantitative estimate of drug-likeness (QED) is 0.757. The molecule has 0 aliphatic heterocycles. The van der Waals surface area contributed by atoms with Gasteiger partial charge in [-0.25, -0.2) is 4.98 Å². The Morgan fingerprint density at radius 1 is 1.50 bits per heavy atom. The molecule has 2 rings (SSSR count). The summed E-state index contributed by atoms with van der Waals surface area (Å²) in [6.45, 7) is 8.96. The van der Waals surface area contributed by atoms with Crippen molar-refractivity contribution in [2.45, 2.75) is 46.1 Å². The third-order valence-corrected chi connectivity index (χ3v) is 3.55. The summed E-state index contributed by atoms with van der Waals surface area (Å²) in [6, 6.07) is 0.649. The molecule has 0 spiro atoms. The van der Waals surface area contributed by atoms with Gasteiger partial charge in [-0.2, -0.15) is 0 Å². The number of rotatable bonds is 7. The Kier molecular flexibility index (Phi) is 4.64. The molecule has 1 N–H and O–H groups in total. The summed E-state index contributed by atoms with van der Waals surface area (Å²) < 4.78 is 7.65. The zero-order valence-corrected chi connectivity index (χ0v) is 11.8. The Labute approximate surface area is 110 Å². The highest BCUT2D eigenvalue weighted by atomic mass is 16.5. The molecule has 0 bridgehead atoms. The van der Waals surface area contributed by atoms with Crippen LogP contribution in [0.25, 0.3) is 0 Å². The van der Waals surface area contributed by atoms with Crippen molar-refractivity contribution in [1.82, 2.24) is 9.55 Å². The van der Waals surface area contributed by atoms with E-state index in [-0.39, 0.29) is 0 Å². The predicted molar refractivity (Wildman–Crippen MR) is 74.0 cm³/mol. The van der Waals surface area contributed by atoms with Crippen molar-refractivity contribution >= 4 is 5.95 Å². The molecule has 1 heterocycles. The lowest BCUT2D eigenvalue weighted by molar-refractivity contribution is 0.147. The van der Waals surface area contributed by atoms with Crippen molar-refractivity contribution in [3.8, 4) is 0 Å². The molecule has 0 atom stereocenters. The minimum absolute atomic E-state index is 0.649. The first-order valence-electron chi connectivity index (χ1n) is 7.07. The molecule has 1 aliphatic carbocycles. The average molecular weight is 251 g/mol. The highest BCUT2D eigenvalue weighted by molar-refractivity contribution is 5.30. The number of aryl methyl sites for hydroxylation is 1. The first-order chi connectivity index (χ1) is 8.70. The molecule has 0 unspecified atom stereocenters. The lowest BCUT2D eigenvalue weighted by atomic mass is 9.82. The Morgan fingerprint density at radius 2 is 2.28 bits per heavy atom. The van der Waals surface area contributed by atoms with E-state index < -0.39 is 0 Å². The van der Waals surface area contributed by atoms with Crippen molar-refractivity contribution in [2.24, 2.45) is 5.92 Å². The van der Waals surface area contributed by atoms with E-state index in [0.717, 1.165) is 43.7 Å². The number of hydrogen-bond acceptors (Lipinski definition) is 3. The molecule has 1 fully saturated rings. The maximum atomic E-state index is 5.33. The van der Waals surface area contributed by atoms with E-state index in [1.54, 1.807) is 0 Å². The number of nitrogens with one attached hydrogen (secondary N) is 1. The lowest BCUT2D eigenvalue weighted by Gasteiger charge is -2.34. The Hall–Kier alpha value is -1.03. The molecule has 0 saturated heterocycles. The Morgan fingerprint density at radius 3 is 2.94 bits per heavy atom. The fourth-order valence-electron chi connectivity index (χ4n) is 2.53. The van der Waals surface area contributed by atoms with Crippen LogP contribution in [0.2, 0.25) is 0 Å². The smallest absolute Gasteiger partial charge is 0.203 e.